The summed E-state index contributed by atoms with van der Waals surface area (Å²) in [5.41, 5.74) is 0.150. The lowest BCUT2D eigenvalue weighted by Crippen LogP contribution is -2.44. The number of rotatable bonds is 9. The molecule has 2 aromatic heterocycles. The van der Waals surface area contributed by atoms with Crippen molar-refractivity contribution in [1.82, 2.24) is 20.5 Å². The number of carbonyl (C=O) groups is 1. The van der Waals surface area contributed by atoms with Crippen LogP contribution >= 0.6 is 0 Å². The number of aliphatic hydroxyl groups is 2. The van der Waals surface area contributed by atoms with Crippen LogP contribution in [0.15, 0.2) is 48.5 Å². The minimum Gasteiger partial charge on any atom is -0.494 e. The number of aromatic nitrogens is 3. The number of fused-ring (bicyclic) bond motifs is 1. The van der Waals surface area contributed by atoms with Crippen molar-refractivity contribution in [1.29, 1.82) is 0 Å². The highest BCUT2D eigenvalue weighted by atomic mass is 19.1. The van der Waals surface area contributed by atoms with Gasteiger partial charge in [-0.1, -0.05) is 13.8 Å². The van der Waals surface area contributed by atoms with E-state index in [0.717, 1.165) is 0 Å². The Bertz CT molecular complexity index is 1660. The maximum Gasteiger partial charge on any atom is 0.251 e. The van der Waals surface area contributed by atoms with Gasteiger partial charge in [0.05, 0.1) is 31.1 Å². The molecule has 10 heteroatoms. The highest BCUT2D eigenvalue weighted by Gasteiger charge is 2.59. The van der Waals surface area contributed by atoms with Gasteiger partial charge in [0.1, 0.15) is 28.4 Å². The smallest absolute Gasteiger partial charge is 0.251 e. The van der Waals surface area contributed by atoms with Gasteiger partial charge < -0.3 is 20.3 Å². The predicted molar refractivity (Wildman–Crippen MR) is 154 cm³/mol. The topological polar surface area (TPSA) is 117 Å². The van der Waals surface area contributed by atoms with Crippen molar-refractivity contribution in [3.05, 3.63) is 82.7 Å². The second-order valence-corrected chi connectivity index (χ2v) is 11.8. The van der Waals surface area contributed by atoms with Gasteiger partial charge in [-0.2, -0.15) is 5.10 Å². The molecule has 220 valence electrons. The number of nitrogens with zero attached hydrogens (tertiary/aromatic N) is 3. The third-order valence-corrected chi connectivity index (χ3v) is 7.98. The van der Waals surface area contributed by atoms with Gasteiger partial charge in [-0.15, -0.1) is 5.10 Å². The van der Waals surface area contributed by atoms with E-state index in [1.807, 2.05) is 13.8 Å². The number of aryl methyl sites for hydroxylation is 1. The first-order valence-electron chi connectivity index (χ1n) is 13.8. The molecule has 1 aliphatic rings. The number of carbonyl (C=O) groups excluding carboxylic acids is 1. The van der Waals surface area contributed by atoms with Crippen LogP contribution in [0.5, 0.6) is 5.75 Å². The Kier molecular flexibility index (Phi) is 7.72. The van der Waals surface area contributed by atoms with Crippen LogP contribution in [0.2, 0.25) is 0 Å². The standard InChI is InChI=1S/C32H34F2N4O4/c1-17-10-21-12-22(13-24(42-5)28(21)38-37-17)30(40)35-16-32(41,25-15-31(25,3)4)26-14-20(11-18(2)39)27(34)29(36-26)19-6-8-23(33)9-7-19/h6-10,12-14,18,25,39,41H,11,15-16H2,1-5H3,(H,35,40). The number of pyridine rings is 1. The summed E-state index contributed by atoms with van der Waals surface area (Å²) >= 11 is 0. The summed E-state index contributed by atoms with van der Waals surface area (Å²) in [6, 6.07) is 11.7. The highest BCUT2D eigenvalue weighted by molar-refractivity contribution is 5.99. The minimum atomic E-state index is -1.67. The van der Waals surface area contributed by atoms with E-state index in [-0.39, 0.29) is 41.2 Å². The number of aliphatic hydroxyl groups excluding tert-OH is 1. The Morgan fingerprint density at radius 3 is 2.48 bits per heavy atom. The zero-order valence-electron chi connectivity index (χ0n) is 24.2. The molecular weight excluding hydrogens is 542 g/mol. The molecule has 1 aliphatic carbocycles. The molecule has 5 rings (SSSR count). The fourth-order valence-electron chi connectivity index (χ4n) is 5.58. The number of nitrogens with one attached hydrogen (secondary N) is 1. The molecule has 3 unspecified atom stereocenters. The zero-order chi connectivity index (χ0) is 30.4. The van der Waals surface area contributed by atoms with Crippen molar-refractivity contribution in [3.63, 3.8) is 0 Å². The fourth-order valence-corrected chi connectivity index (χ4v) is 5.58. The zero-order valence-corrected chi connectivity index (χ0v) is 24.2. The number of benzene rings is 2. The average Bonchev–Trinajstić information content (AvgIpc) is 3.60. The van der Waals surface area contributed by atoms with Crippen LogP contribution in [0.1, 0.15) is 54.5 Å². The van der Waals surface area contributed by atoms with Crippen molar-refractivity contribution in [3.8, 4) is 17.0 Å². The van der Waals surface area contributed by atoms with Gasteiger partial charge in [0.25, 0.3) is 5.91 Å². The summed E-state index contributed by atoms with van der Waals surface area (Å²) in [4.78, 5) is 18.0. The molecule has 2 heterocycles. The molecule has 42 heavy (non-hydrogen) atoms. The van der Waals surface area contributed by atoms with Gasteiger partial charge in [0.15, 0.2) is 5.82 Å². The van der Waals surface area contributed by atoms with E-state index in [1.165, 1.54) is 37.4 Å². The molecule has 8 nitrogen and oxygen atoms in total. The summed E-state index contributed by atoms with van der Waals surface area (Å²) in [6.07, 6.45) is -0.236. The normalized spacial score (nSPS) is 17.9. The maximum absolute atomic E-state index is 15.7. The number of amides is 1. The molecule has 0 spiro atoms. The molecule has 1 fully saturated rings. The van der Waals surface area contributed by atoms with Crippen molar-refractivity contribution >= 4 is 16.8 Å². The van der Waals surface area contributed by atoms with Crippen LogP contribution in [-0.2, 0) is 12.0 Å². The molecule has 0 bridgehead atoms. The summed E-state index contributed by atoms with van der Waals surface area (Å²) in [5, 5.41) is 34.1. The summed E-state index contributed by atoms with van der Waals surface area (Å²) in [5.74, 6) is -1.50. The van der Waals surface area contributed by atoms with Gasteiger partial charge in [-0.05, 0) is 79.8 Å². The summed E-state index contributed by atoms with van der Waals surface area (Å²) in [7, 11) is 1.48. The predicted octanol–water partition coefficient (Wildman–Crippen LogP) is 4.87. The third-order valence-electron chi connectivity index (χ3n) is 7.98. The minimum absolute atomic E-state index is 0.0226. The van der Waals surface area contributed by atoms with Crippen molar-refractivity contribution < 1.29 is 28.5 Å². The van der Waals surface area contributed by atoms with Crippen LogP contribution in [0.25, 0.3) is 22.2 Å². The van der Waals surface area contributed by atoms with E-state index in [4.69, 9.17) is 4.74 Å². The number of halogens is 2. The van der Waals surface area contributed by atoms with E-state index in [1.54, 1.807) is 32.0 Å². The first kappa shape index (κ1) is 29.5. The Labute approximate surface area is 242 Å². The molecule has 2 aromatic carbocycles. The molecular formula is C32H34F2N4O4. The van der Waals surface area contributed by atoms with Gasteiger partial charge >= 0.3 is 0 Å². The Morgan fingerprint density at radius 1 is 1.17 bits per heavy atom. The van der Waals surface area contributed by atoms with Crippen molar-refractivity contribution in [2.75, 3.05) is 13.7 Å². The Balaban J connectivity index is 1.54. The first-order valence-corrected chi connectivity index (χ1v) is 13.8. The Morgan fingerprint density at radius 2 is 1.86 bits per heavy atom. The van der Waals surface area contributed by atoms with Crippen LogP contribution < -0.4 is 10.1 Å². The molecule has 0 radical (unpaired) electrons. The Hall–Kier alpha value is -4.02. The molecule has 3 N–H and O–H groups in total. The van der Waals surface area contributed by atoms with Crippen LogP contribution in [0.3, 0.4) is 0 Å². The van der Waals surface area contributed by atoms with Crippen LogP contribution in [0, 0.1) is 29.9 Å². The van der Waals surface area contributed by atoms with Gasteiger partial charge in [-0.3, -0.25) is 4.79 Å². The molecule has 1 saturated carbocycles. The van der Waals surface area contributed by atoms with Gasteiger partial charge in [-0.25, -0.2) is 13.8 Å². The van der Waals surface area contributed by atoms with Crippen molar-refractivity contribution in [2.45, 2.75) is 52.2 Å². The first-order chi connectivity index (χ1) is 19.8. The number of ether oxygens (including phenoxy) is 1. The van der Waals surface area contributed by atoms with Crippen LogP contribution in [0.4, 0.5) is 8.78 Å². The molecule has 1 amide bonds. The fraction of sp³-hybridized carbons (Fsp3) is 0.375. The average molecular weight is 577 g/mol. The second kappa shape index (κ2) is 11.0. The van der Waals surface area contributed by atoms with Gasteiger partial charge in [0.2, 0.25) is 0 Å². The lowest BCUT2D eigenvalue weighted by Gasteiger charge is -2.31. The monoisotopic (exact) mass is 576 g/mol. The maximum atomic E-state index is 15.7. The van der Waals surface area contributed by atoms with E-state index >= 15 is 4.39 Å². The molecule has 4 aromatic rings. The van der Waals surface area contributed by atoms with E-state index in [9.17, 15) is 19.4 Å². The van der Waals surface area contributed by atoms with Crippen molar-refractivity contribution in [2.24, 2.45) is 11.3 Å². The van der Waals surface area contributed by atoms with E-state index in [2.05, 4.69) is 20.5 Å². The largest absolute Gasteiger partial charge is 0.494 e. The molecule has 3 atom stereocenters. The van der Waals surface area contributed by atoms with Crippen LogP contribution in [-0.4, -0.2) is 51.1 Å². The molecule has 0 saturated heterocycles. The van der Waals surface area contributed by atoms with E-state index < -0.39 is 29.2 Å². The number of methoxy groups -OCH3 is 1. The summed E-state index contributed by atoms with van der Waals surface area (Å²) < 4.78 is 34.8. The highest BCUT2D eigenvalue weighted by Crippen LogP contribution is 2.60. The van der Waals surface area contributed by atoms with E-state index in [0.29, 0.717) is 39.9 Å². The number of hydrogen-bond acceptors (Lipinski definition) is 7. The third kappa shape index (κ3) is 5.69. The SMILES string of the molecule is COc1cc(C(=O)NCC(O)(c2cc(CC(C)O)c(F)c(-c3ccc(F)cc3)n2)C2CC2(C)C)cc2cc(C)nnc12. The lowest BCUT2D eigenvalue weighted by molar-refractivity contribution is -0.00143. The number of hydrogen-bond donors (Lipinski definition) is 3. The second-order valence-electron chi connectivity index (χ2n) is 11.8. The lowest BCUT2D eigenvalue weighted by atomic mass is 9.86. The quantitative estimate of drug-likeness (QED) is 0.260. The summed E-state index contributed by atoms with van der Waals surface area (Å²) in [6.45, 7) is 7.14. The van der Waals surface area contributed by atoms with Gasteiger partial charge in [0, 0.05) is 28.9 Å². The molecule has 0 aliphatic heterocycles.